The molecule has 0 saturated heterocycles. The molecule has 1 N–H and O–H groups in total. The number of aromatic nitrogens is 4. The third-order valence-corrected chi connectivity index (χ3v) is 4.02. The number of hydrogen-bond donors (Lipinski definition) is 1. The van der Waals surface area contributed by atoms with E-state index in [1.165, 1.54) is 11.8 Å². The quantitative estimate of drug-likeness (QED) is 0.748. The Balaban J connectivity index is 1.78. The van der Waals surface area contributed by atoms with Crippen molar-refractivity contribution in [1.29, 1.82) is 0 Å². The van der Waals surface area contributed by atoms with E-state index in [0.29, 0.717) is 10.2 Å². The second-order valence-corrected chi connectivity index (χ2v) is 5.69. The number of rotatable bonds is 4. The van der Waals surface area contributed by atoms with Crippen LogP contribution in [0.2, 0.25) is 5.02 Å². The zero-order chi connectivity index (χ0) is 14.7. The molecule has 0 amide bonds. The first-order valence-electron chi connectivity index (χ1n) is 6.17. The average molecular weight is 319 g/mol. The van der Waals surface area contributed by atoms with Crippen molar-refractivity contribution >= 4 is 23.4 Å². The fraction of sp³-hybridized carbons (Fsp3) is 0.0714. The monoisotopic (exact) mass is 318 g/mol. The van der Waals surface area contributed by atoms with Gasteiger partial charge >= 0.3 is 0 Å². The normalized spacial score (nSPS) is 10.7. The Morgan fingerprint density at radius 1 is 1.14 bits per heavy atom. The first kappa shape index (κ1) is 13.9. The largest absolute Gasteiger partial charge is 0.508 e. The number of phenolic OH excluding ortho intramolecular Hbond substituents is 1. The van der Waals surface area contributed by atoms with Crippen molar-refractivity contribution < 1.29 is 5.11 Å². The number of halogens is 1. The summed E-state index contributed by atoms with van der Waals surface area (Å²) in [4.78, 5) is 0. The lowest BCUT2D eigenvalue weighted by Crippen LogP contribution is -1.98. The minimum atomic E-state index is 0.208. The maximum atomic E-state index is 9.32. The third-order valence-electron chi connectivity index (χ3n) is 2.79. The SMILES string of the molecule is Oc1ccc(-n2nnnc2SCc2cccc(Cl)c2)cc1. The molecule has 7 heteroatoms. The van der Waals surface area contributed by atoms with Crippen LogP contribution >= 0.6 is 23.4 Å². The van der Waals surface area contributed by atoms with Crippen LogP contribution in [0.4, 0.5) is 0 Å². The number of aromatic hydroxyl groups is 1. The summed E-state index contributed by atoms with van der Waals surface area (Å²) in [5.74, 6) is 0.930. The van der Waals surface area contributed by atoms with Gasteiger partial charge in [-0.1, -0.05) is 35.5 Å². The molecule has 0 spiro atoms. The summed E-state index contributed by atoms with van der Waals surface area (Å²) in [7, 11) is 0. The summed E-state index contributed by atoms with van der Waals surface area (Å²) >= 11 is 7.49. The van der Waals surface area contributed by atoms with E-state index >= 15 is 0 Å². The fourth-order valence-corrected chi connectivity index (χ4v) is 2.85. The Kier molecular flexibility index (Phi) is 4.08. The Hall–Kier alpha value is -2.05. The molecule has 1 aromatic heterocycles. The maximum Gasteiger partial charge on any atom is 0.214 e. The molecular formula is C14H11ClN4OS. The molecular weight excluding hydrogens is 308 g/mol. The van der Waals surface area contributed by atoms with Gasteiger partial charge in [0, 0.05) is 10.8 Å². The molecule has 0 atom stereocenters. The molecule has 3 aromatic rings. The summed E-state index contributed by atoms with van der Waals surface area (Å²) in [5.41, 5.74) is 1.90. The smallest absolute Gasteiger partial charge is 0.214 e. The van der Waals surface area contributed by atoms with Crippen LogP contribution < -0.4 is 0 Å². The van der Waals surface area contributed by atoms with Gasteiger partial charge < -0.3 is 5.11 Å². The van der Waals surface area contributed by atoms with E-state index in [1.807, 2.05) is 24.3 Å². The van der Waals surface area contributed by atoms with Gasteiger partial charge in [0.2, 0.25) is 5.16 Å². The first-order chi connectivity index (χ1) is 10.2. The minimum Gasteiger partial charge on any atom is -0.508 e. The van der Waals surface area contributed by atoms with Gasteiger partial charge in [0.05, 0.1) is 5.69 Å². The second-order valence-electron chi connectivity index (χ2n) is 4.31. The van der Waals surface area contributed by atoms with E-state index in [0.717, 1.165) is 17.0 Å². The standard InChI is InChI=1S/C14H11ClN4OS/c15-11-3-1-2-10(8-11)9-21-14-16-17-18-19(14)12-4-6-13(20)7-5-12/h1-8,20H,9H2. The number of benzene rings is 2. The lowest BCUT2D eigenvalue weighted by atomic mass is 10.2. The van der Waals surface area contributed by atoms with Crippen molar-refractivity contribution in [2.45, 2.75) is 10.9 Å². The third kappa shape index (κ3) is 3.34. The van der Waals surface area contributed by atoms with Gasteiger partial charge in [0.15, 0.2) is 0 Å². The summed E-state index contributed by atoms with van der Waals surface area (Å²) in [6, 6.07) is 14.4. The summed E-state index contributed by atoms with van der Waals surface area (Å²) in [5, 5.41) is 22.4. The number of phenols is 1. The van der Waals surface area contributed by atoms with E-state index in [4.69, 9.17) is 11.6 Å². The molecule has 0 unspecified atom stereocenters. The molecule has 0 saturated carbocycles. The highest BCUT2D eigenvalue weighted by atomic mass is 35.5. The fourth-order valence-electron chi connectivity index (χ4n) is 1.80. The van der Waals surface area contributed by atoms with E-state index in [9.17, 15) is 5.11 Å². The van der Waals surface area contributed by atoms with E-state index in [2.05, 4.69) is 15.5 Å². The van der Waals surface area contributed by atoms with E-state index < -0.39 is 0 Å². The first-order valence-corrected chi connectivity index (χ1v) is 7.54. The van der Waals surface area contributed by atoms with Crippen molar-refractivity contribution in [1.82, 2.24) is 20.2 Å². The van der Waals surface area contributed by atoms with Crippen molar-refractivity contribution in [3.8, 4) is 11.4 Å². The van der Waals surface area contributed by atoms with Gasteiger partial charge in [-0.25, -0.2) is 0 Å². The minimum absolute atomic E-state index is 0.208. The molecule has 3 rings (SSSR count). The molecule has 106 valence electrons. The molecule has 5 nitrogen and oxygen atoms in total. The van der Waals surface area contributed by atoms with Gasteiger partial charge in [-0.2, -0.15) is 4.68 Å². The molecule has 0 fully saturated rings. The zero-order valence-corrected chi connectivity index (χ0v) is 12.4. The summed E-state index contributed by atoms with van der Waals surface area (Å²) in [6.07, 6.45) is 0. The molecule has 2 aromatic carbocycles. The van der Waals surface area contributed by atoms with Crippen molar-refractivity contribution in [2.24, 2.45) is 0 Å². The van der Waals surface area contributed by atoms with Crippen LogP contribution in [0.3, 0.4) is 0 Å². The predicted molar refractivity (Wildman–Crippen MR) is 81.8 cm³/mol. The van der Waals surface area contributed by atoms with Gasteiger partial charge in [-0.05, 0) is 52.4 Å². The molecule has 21 heavy (non-hydrogen) atoms. The van der Waals surface area contributed by atoms with Gasteiger partial charge in [0.25, 0.3) is 0 Å². The maximum absolute atomic E-state index is 9.32. The highest BCUT2D eigenvalue weighted by Crippen LogP contribution is 2.24. The summed E-state index contributed by atoms with van der Waals surface area (Å²) < 4.78 is 1.63. The zero-order valence-electron chi connectivity index (χ0n) is 10.8. The number of hydrogen-bond acceptors (Lipinski definition) is 5. The van der Waals surface area contributed by atoms with Crippen LogP contribution in [0.25, 0.3) is 5.69 Å². The van der Waals surface area contributed by atoms with E-state index in [-0.39, 0.29) is 5.75 Å². The summed E-state index contributed by atoms with van der Waals surface area (Å²) in [6.45, 7) is 0. The Morgan fingerprint density at radius 2 is 1.95 bits per heavy atom. The van der Waals surface area contributed by atoms with Gasteiger partial charge in [0.1, 0.15) is 5.75 Å². The predicted octanol–water partition coefficient (Wildman–Crippen LogP) is 3.31. The molecule has 0 bridgehead atoms. The Morgan fingerprint density at radius 3 is 2.71 bits per heavy atom. The van der Waals surface area contributed by atoms with Gasteiger partial charge in [-0.3, -0.25) is 0 Å². The lowest BCUT2D eigenvalue weighted by molar-refractivity contribution is 0.475. The number of tetrazole rings is 1. The molecule has 1 heterocycles. The average Bonchev–Trinajstić information content (AvgIpc) is 2.94. The van der Waals surface area contributed by atoms with E-state index in [1.54, 1.807) is 28.9 Å². The Bertz CT molecular complexity index is 745. The Labute approximate surface area is 130 Å². The van der Waals surface area contributed by atoms with Crippen LogP contribution in [0.15, 0.2) is 53.7 Å². The molecule has 0 aliphatic carbocycles. The number of thioether (sulfide) groups is 1. The van der Waals surface area contributed by atoms with Crippen LogP contribution in [-0.2, 0) is 5.75 Å². The van der Waals surface area contributed by atoms with Gasteiger partial charge in [-0.15, -0.1) is 5.10 Å². The van der Waals surface area contributed by atoms with Crippen molar-refractivity contribution in [3.63, 3.8) is 0 Å². The van der Waals surface area contributed by atoms with Crippen LogP contribution in [0.5, 0.6) is 5.75 Å². The van der Waals surface area contributed by atoms with Crippen molar-refractivity contribution in [2.75, 3.05) is 0 Å². The van der Waals surface area contributed by atoms with Crippen LogP contribution in [0, 0.1) is 0 Å². The van der Waals surface area contributed by atoms with Crippen LogP contribution in [0.1, 0.15) is 5.56 Å². The van der Waals surface area contributed by atoms with Crippen molar-refractivity contribution in [3.05, 3.63) is 59.1 Å². The number of nitrogens with zero attached hydrogens (tertiary/aromatic N) is 4. The molecule has 0 radical (unpaired) electrons. The highest BCUT2D eigenvalue weighted by molar-refractivity contribution is 7.98. The van der Waals surface area contributed by atoms with Crippen LogP contribution in [-0.4, -0.2) is 25.3 Å². The lowest BCUT2D eigenvalue weighted by Gasteiger charge is -2.04. The topological polar surface area (TPSA) is 63.8 Å². The second kappa shape index (κ2) is 6.15. The molecule has 0 aliphatic heterocycles. The highest BCUT2D eigenvalue weighted by Gasteiger charge is 2.09. The molecule has 0 aliphatic rings.